The first kappa shape index (κ1) is 18.7. The van der Waals surface area contributed by atoms with E-state index < -0.39 is 0 Å². The van der Waals surface area contributed by atoms with Gasteiger partial charge in [0.15, 0.2) is 0 Å². The third-order valence-electron chi connectivity index (χ3n) is 5.36. The quantitative estimate of drug-likeness (QED) is 0.363. The van der Waals surface area contributed by atoms with Gasteiger partial charge < -0.3 is 15.4 Å². The number of amidine groups is 1. The number of nitrogens with one attached hydrogen (secondary N) is 3. The van der Waals surface area contributed by atoms with Gasteiger partial charge in [-0.2, -0.15) is 0 Å². The Bertz CT molecular complexity index is 344. The normalized spacial score (nSPS) is 27.6. The van der Waals surface area contributed by atoms with Crippen molar-refractivity contribution in [3.8, 4) is 0 Å². The fourth-order valence-electron chi connectivity index (χ4n) is 3.64. The lowest BCUT2D eigenvalue weighted by Crippen LogP contribution is -2.49. The van der Waals surface area contributed by atoms with E-state index in [2.05, 4.69) is 29.4 Å². The van der Waals surface area contributed by atoms with Gasteiger partial charge in [-0.05, 0) is 50.6 Å². The minimum absolute atomic E-state index is 0.237. The number of hydrogen-bond donors (Lipinski definition) is 3. The molecular weight excluding hydrogens is 288 g/mol. The highest BCUT2D eigenvalue weighted by molar-refractivity contribution is 5.84. The third kappa shape index (κ3) is 6.77. The Balaban J connectivity index is 1.60. The smallest absolute Gasteiger partial charge is 0.111 e. The number of hydrogen-bond acceptors (Lipinski definition) is 4. The SMILES string of the molecule is CCC(C)CC1CCNC(C(=N)NCCCN2CCOCC2)C1. The molecule has 2 heterocycles. The standard InChI is InChI=1S/C18H36N4O/c1-3-15(2)13-16-5-7-20-17(14-16)18(19)21-6-4-8-22-9-11-23-12-10-22/h15-17,20H,3-14H2,1-2H3,(H2,19,21). The van der Waals surface area contributed by atoms with Crippen LogP contribution in [0.15, 0.2) is 0 Å². The minimum atomic E-state index is 0.237. The molecule has 0 bridgehead atoms. The first-order valence-electron chi connectivity index (χ1n) is 9.54. The van der Waals surface area contributed by atoms with E-state index in [4.69, 9.17) is 10.1 Å². The van der Waals surface area contributed by atoms with Crippen molar-refractivity contribution >= 4 is 5.84 Å². The highest BCUT2D eigenvalue weighted by Gasteiger charge is 2.25. The van der Waals surface area contributed by atoms with Crippen LogP contribution in [0.25, 0.3) is 0 Å². The van der Waals surface area contributed by atoms with Crippen molar-refractivity contribution < 1.29 is 4.74 Å². The number of piperidine rings is 1. The Labute approximate surface area is 142 Å². The lowest BCUT2D eigenvalue weighted by molar-refractivity contribution is 0.0376. The summed E-state index contributed by atoms with van der Waals surface area (Å²) in [6, 6.07) is 0.237. The van der Waals surface area contributed by atoms with E-state index in [1.807, 2.05) is 0 Å². The largest absolute Gasteiger partial charge is 0.379 e. The Morgan fingerprint density at radius 2 is 2.17 bits per heavy atom. The topological polar surface area (TPSA) is 60.4 Å². The van der Waals surface area contributed by atoms with Crippen LogP contribution in [0, 0.1) is 17.2 Å². The van der Waals surface area contributed by atoms with Crippen LogP contribution < -0.4 is 10.6 Å². The van der Waals surface area contributed by atoms with Gasteiger partial charge in [-0.1, -0.05) is 20.3 Å². The van der Waals surface area contributed by atoms with E-state index in [0.717, 1.165) is 70.6 Å². The summed E-state index contributed by atoms with van der Waals surface area (Å²) >= 11 is 0. The van der Waals surface area contributed by atoms with Crippen molar-refractivity contribution in [2.45, 2.75) is 52.0 Å². The molecule has 2 rings (SSSR count). The monoisotopic (exact) mass is 324 g/mol. The van der Waals surface area contributed by atoms with Crippen molar-refractivity contribution in [3.63, 3.8) is 0 Å². The lowest BCUT2D eigenvalue weighted by atomic mass is 9.84. The molecule has 2 aliphatic heterocycles. The second-order valence-electron chi connectivity index (χ2n) is 7.29. The maximum atomic E-state index is 8.32. The molecule has 5 heteroatoms. The van der Waals surface area contributed by atoms with Gasteiger partial charge in [0, 0.05) is 19.6 Å². The molecule has 0 aliphatic carbocycles. The molecule has 0 aromatic rings. The molecule has 134 valence electrons. The van der Waals surface area contributed by atoms with E-state index in [0.29, 0.717) is 5.84 Å². The predicted molar refractivity (Wildman–Crippen MR) is 96.2 cm³/mol. The fraction of sp³-hybridized carbons (Fsp3) is 0.944. The zero-order valence-corrected chi connectivity index (χ0v) is 15.1. The summed E-state index contributed by atoms with van der Waals surface area (Å²) < 4.78 is 5.37. The first-order chi connectivity index (χ1) is 11.2. The molecule has 0 spiro atoms. The lowest BCUT2D eigenvalue weighted by Gasteiger charge is -2.32. The van der Waals surface area contributed by atoms with Crippen LogP contribution in [0.1, 0.15) is 46.0 Å². The van der Waals surface area contributed by atoms with Crippen LogP contribution in [-0.2, 0) is 4.74 Å². The number of ether oxygens (including phenoxy) is 1. The predicted octanol–water partition coefficient (Wildman–Crippen LogP) is 2.08. The van der Waals surface area contributed by atoms with Crippen molar-refractivity contribution in [2.24, 2.45) is 11.8 Å². The van der Waals surface area contributed by atoms with Crippen molar-refractivity contribution in [1.29, 1.82) is 5.41 Å². The summed E-state index contributed by atoms with van der Waals surface area (Å²) in [6.07, 6.45) is 6.08. The zero-order valence-electron chi connectivity index (χ0n) is 15.1. The molecular formula is C18H36N4O. The minimum Gasteiger partial charge on any atom is -0.379 e. The molecule has 0 amide bonds. The van der Waals surface area contributed by atoms with Gasteiger partial charge in [-0.25, -0.2) is 0 Å². The molecule has 3 atom stereocenters. The molecule has 0 aromatic heterocycles. The van der Waals surface area contributed by atoms with Crippen LogP contribution in [0.3, 0.4) is 0 Å². The molecule has 0 aromatic carbocycles. The van der Waals surface area contributed by atoms with E-state index in [-0.39, 0.29) is 6.04 Å². The maximum Gasteiger partial charge on any atom is 0.111 e. The number of rotatable bonds is 8. The molecule has 2 aliphatic rings. The molecule has 0 radical (unpaired) electrons. The highest BCUT2D eigenvalue weighted by Crippen LogP contribution is 2.25. The molecule has 23 heavy (non-hydrogen) atoms. The fourth-order valence-corrected chi connectivity index (χ4v) is 3.64. The van der Waals surface area contributed by atoms with Crippen molar-refractivity contribution in [3.05, 3.63) is 0 Å². The highest BCUT2D eigenvalue weighted by atomic mass is 16.5. The van der Waals surface area contributed by atoms with Crippen LogP contribution in [0.5, 0.6) is 0 Å². The third-order valence-corrected chi connectivity index (χ3v) is 5.36. The zero-order chi connectivity index (χ0) is 16.5. The molecule has 3 unspecified atom stereocenters. The summed E-state index contributed by atoms with van der Waals surface area (Å²) in [4.78, 5) is 2.45. The average Bonchev–Trinajstić information content (AvgIpc) is 2.59. The van der Waals surface area contributed by atoms with E-state index in [1.165, 1.54) is 19.3 Å². The summed E-state index contributed by atoms with van der Waals surface area (Å²) in [5.74, 6) is 2.29. The molecule has 2 saturated heterocycles. The summed E-state index contributed by atoms with van der Waals surface area (Å²) in [5.41, 5.74) is 0. The van der Waals surface area contributed by atoms with Crippen molar-refractivity contribution in [2.75, 3.05) is 45.9 Å². The molecule has 5 nitrogen and oxygen atoms in total. The van der Waals surface area contributed by atoms with Gasteiger partial charge in [0.25, 0.3) is 0 Å². The summed E-state index contributed by atoms with van der Waals surface area (Å²) in [6.45, 7) is 11.6. The van der Waals surface area contributed by atoms with Gasteiger partial charge in [0.2, 0.25) is 0 Å². The van der Waals surface area contributed by atoms with Gasteiger partial charge in [0.1, 0.15) is 5.84 Å². The van der Waals surface area contributed by atoms with Gasteiger partial charge >= 0.3 is 0 Å². The van der Waals surface area contributed by atoms with Crippen LogP contribution in [-0.4, -0.2) is 62.7 Å². The molecule has 0 saturated carbocycles. The van der Waals surface area contributed by atoms with Crippen LogP contribution in [0.2, 0.25) is 0 Å². The Morgan fingerprint density at radius 1 is 1.39 bits per heavy atom. The van der Waals surface area contributed by atoms with E-state index >= 15 is 0 Å². The maximum absolute atomic E-state index is 8.32. The first-order valence-corrected chi connectivity index (χ1v) is 9.54. The second kappa shape index (κ2) is 10.3. The Hall–Kier alpha value is -0.650. The summed E-state index contributed by atoms with van der Waals surface area (Å²) in [7, 11) is 0. The van der Waals surface area contributed by atoms with Gasteiger partial charge in [0.05, 0.1) is 19.3 Å². The van der Waals surface area contributed by atoms with Gasteiger partial charge in [-0.15, -0.1) is 0 Å². The molecule has 3 N–H and O–H groups in total. The number of nitrogens with zero attached hydrogens (tertiary/aromatic N) is 1. The Morgan fingerprint density at radius 3 is 2.91 bits per heavy atom. The average molecular weight is 325 g/mol. The van der Waals surface area contributed by atoms with Crippen LogP contribution in [0.4, 0.5) is 0 Å². The van der Waals surface area contributed by atoms with Crippen LogP contribution >= 0.6 is 0 Å². The van der Waals surface area contributed by atoms with Gasteiger partial charge in [-0.3, -0.25) is 10.3 Å². The second-order valence-corrected chi connectivity index (χ2v) is 7.29. The summed E-state index contributed by atoms with van der Waals surface area (Å²) in [5, 5.41) is 15.2. The Kier molecular flexibility index (Phi) is 8.34. The van der Waals surface area contributed by atoms with E-state index in [1.54, 1.807) is 0 Å². The molecule has 2 fully saturated rings. The number of morpholine rings is 1. The van der Waals surface area contributed by atoms with E-state index in [9.17, 15) is 0 Å². The van der Waals surface area contributed by atoms with Crippen molar-refractivity contribution in [1.82, 2.24) is 15.5 Å².